The highest BCUT2D eigenvalue weighted by Crippen LogP contribution is 2.31. The predicted molar refractivity (Wildman–Crippen MR) is 96.1 cm³/mol. The summed E-state index contributed by atoms with van der Waals surface area (Å²) in [5.41, 5.74) is 0.152. The van der Waals surface area contributed by atoms with E-state index in [4.69, 9.17) is 4.74 Å². The van der Waals surface area contributed by atoms with E-state index in [1.807, 2.05) is 0 Å². The zero-order valence-corrected chi connectivity index (χ0v) is 14.9. The molecule has 2 aromatic carbocycles. The zero-order valence-electron chi connectivity index (χ0n) is 14.1. The third kappa shape index (κ3) is 4.79. The van der Waals surface area contributed by atoms with Crippen molar-refractivity contribution in [3.8, 4) is 0 Å². The summed E-state index contributed by atoms with van der Waals surface area (Å²) in [6, 6.07) is 14.1. The molecular weight excluding hydrogens is 360 g/mol. The van der Waals surface area contributed by atoms with Crippen LogP contribution in [0, 0.1) is 10.1 Å². The third-order valence-corrected chi connectivity index (χ3v) is 5.06. The molecule has 0 bridgehead atoms. The first-order valence-corrected chi connectivity index (χ1v) is 9.39. The molecule has 2 rings (SSSR count). The average molecular weight is 378 g/mol. The van der Waals surface area contributed by atoms with E-state index in [1.54, 1.807) is 37.3 Å². The largest absolute Gasteiger partial charge is 0.465 e. The first kappa shape index (κ1) is 19.4. The van der Waals surface area contributed by atoms with Crippen LogP contribution in [0.1, 0.15) is 12.5 Å². The van der Waals surface area contributed by atoms with Gasteiger partial charge in [-0.25, -0.2) is 8.42 Å². The maximum atomic E-state index is 12.8. The molecule has 2 aromatic rings. The number of esters is 1. The van der Waals surface area contributed by atoms with E-state index in [0.29, 0.717) is 5.56 Å². The van der Waals surface area contributed by atoms with Crippen molar-refractivity contribution in [1.82, 2.24) is 0 Å². The van der Waals surface area contributed by atoms with E-state index in [9.17, 15) is 23.3 Å². The molecule has 0 saturated carbocycles. The van der Waals surface area contributed by atoms with Crippen molar-refractivity contribution in [2.24, 2.45) is 0 Å². The molecule has 26 heavy (non-hydrogen) atoms. The summed E-state index contributed by atoms with van der Waals surface area (Å²) in [6.45, 7) is 1.46. The van der Waals surface area contributed by atoms with Crippen LogP contribution in [-0.4, -0.2) is 31.7 Å². The number of benzene rings is 2. The molecule has 0 aliphatic carbocycles. The second-order valence-corrected chi connectivity index (χ2v) is 7.19. The van der Waals surface area contributed by atoms with Crippen LogP contribution < -0.4 is 4.31 Å². The van der Waals surface area contributed by atoms with E-state index in [-0.39, 0.29) is 24.5 Å². The third-order valence-electron chi connectivity index (χ3n) is 3.46. The van der Waals surface area contributed by atoms with Gasteiger partial charge in [0.05, 0.1) is 18.1 Å². The summed E-state index contributed by atoms with van der Waals surface area (Å²) in [7, 11) is -4.20. The maximum Gasteiger partial charge on any atom is 0.323 e. The van der Waals surface area contributed by atoms with Gasteiger partial charge in [0.1, 0.15) is 5.69 Å². The van der Waals surface area contributed by atoms with Gasteiger partial charge in [-0.1, -0.05) is 42.5 Å². The predicted octanol–water partition coefficient (Wildman–Crippen LogP) is 2.49. The summed E-state index contributed by atoms with van der Waals surface area (Å²) in [5.74, 6) is -1.82. The number of hydrogen-bond acceptors (Lipinski definition) is 6. The van der Waals surface area contributed by atoms with Gasteiger partial charge in [-0.2, -0.15) is 0 Å². The monoisotopic (exact) mass is 378 g/mol. The molecule has 0 aliphatic rings. The summed E-state index contributed by atoms with van der Waals surface area (Å²) < 4.78 is 31.2. The van der Waals surface area contributed by atoms with Crippen LogP contribution in [0.4, 0.5) is 11.4 Å². The first-order valence-electron chi connectivity index (χ1n) is 7.78. The van der Waals surface area contributed by atoms with Crippen LogP contribution in [0.3, 0.4) is 0 Å². The molecule has 0 radical (unpaired) electrons. The summed E-state index contributed by atoms with van der Waals surface area (Å²) in [4.78, 5) is 22.4. The highest BCUT2D eigenvalue weighted by atomic mass is 32.2. The van der Waals surface area contributed by atoms with Crippen molar-refractivity contribution in [3.05, 3.63) is 70.3 Å². The normalized spacial score (nSPS) is 11.0. The average Bonchev–Trinajstić information content (AvgIpc) is 2.60. The number of hydrogen-bond donors (Lipinski definition) is 0. The fourth-order valence-electron chi connectivity index (χ4n) is 2.34. The standard InChI is InChI=1S/C17H18N2O6S/c1-2-25-17(20)13-26(23,24)18(12-14-8-4-3-5-9-14)15-10-6-7-11-16(15)19(21)22/h3-11H,2,12-13H2,1H3. The van der Waals surface area contributed by atoms with Crippen molar-refractivity contribution >= 4 is 27.4 Å². The number of carbonyl (C=O) groups excluding carboxylic acids is 1. The molecule has 0 aromatic heterocycles. The smallest absolute Gasteiger partial charge is 0.323 e. The molecule has 0 atom stereocenters. The number of para-hydroxylation sites is 2. The van der Waals surface area contributed by atoms with Crippen LogP contribution in [0.25, 0.3) is 0 Å². The number of carbonyl (C=O) groups is 1. The summed E-state index contributed by atoms with van der Waals surface area (Å²) >= 11 is 0. The second-order valence-electron chi connectivity index (χ2n) is 5.30. The lowest BCUT2D eigenvalue weighted by atomic mass is 10.2. The van der Waals surface area contributed by atoms with Gasteiger partial charge >= 0.3 is 5.97 Å². The Bertz CT molecular complexity index is 883. The first-order chi connectivity index (χ1) is 12.3. The maximum absolute atomic E-state index is 12.8. The van der Waals surface area contributed by atoms with Gasteiger partial charge < -0.3 is 4.74 Å². The Balaban J connectivity index is 2.49. The molecular formula is C17H18N2O6S. The fourth-order valence-corrected chi connectivity index (χ4v) is 3.68. The SMILES string of the molecule is CCOC(=O)CS(=O)(=O)N(Cc1ccccc1)c1ccccc1[N+](=O)[O-]. The molecule has 8 nitrogen and oxygen atoms in total. The Morgan fingerprint density at radius 3 is 2.35 bits per heavy atom. The van der Waals surface area contributed by atoms with Gasteiger partial charge in [0.2, 0.25) is 10.0 Å². The molecule has 138 valence electrons. The van der Waals surface area contributed by atoms with Crippen LogP contribution in [0.5, 0.6) is 0 Å². The minimum atomic E-state index is -4.20. The van der Waals surface area contributed by atoms with Gasteiger partial charge in [-0.15, -0.1) is 0 Å². The van der Waals surface area contributed by atoms with Crippen molar-refractivity contribution in [2.75, 3.05) is 16.7 Å². The Kier molecular flexibility index (Phi) is 6.29. The molecule has 0 saturated heterocycles. The number of nitro benzene ring substituents is 1. The lowest BCUT2D eigenvalue weighted by Crippen LogP contribution is -2.36. The number of nitro groups is 1. The minimum absolute atomic E-state index is 0.0402. The van der Waals surface area contributed by atoms with Crippen molar-refractivity contribution in [3.63, 3.8) is 0 Å². The van der Waals surface area contributed by atoms with Gasteiger partial charge in [0.15, 0.2) is 5.75 Å². The number of sulfonamides is 1. The van der Waals surface area contributed by atoms with E-state index in [1.165, 1.54) is 24.3 Å². The lowest BCUT2D eigenvalue weighted by molar-refractivity contribution is -0.384. The number of rotatable bonds is 8. The van der Waals surface area contributed by atoms with Crippen LogP contribution in [-0.2, 0) is 26.1 Å². The molecule has 9 heteroatoms. The van der Waals surface area contributed by atoms with E-state index in [0.717, 1.165) is 4.31 Å². The van der Waals surface area contributed by atoms with Gasteiger partial charge in [0.25, 0.3) is 5.69 Å². The van der Waals surface area contributed by atoms with E-state index in [2.05, 4.69) is 0 Å². The fraction of sp³-hybridized carbons (Fsp3) is 0.235. The summed E-state index contributed by atoms with van der Waals surface area (Å²) in [6.07, 6.45) is 0. The van der Waals surface area contributed by atoms with E-state index < -0.39 is 26.7 Å². The Hall–Kier alpha value is -2.94. The Morgan fingerprint density at radius 1 is 1.12 bits per heavy atom. The molecule has 0 aliphatic heterocycles. The van der Waals surface area contributed by atoms with Crippen LogP contribution >= 0.6 is 0 Å². The molecule has 0 heterocycles. The summed E-state index contributed by atoms with van der Waals surface area (Å²) in [5, 5.41) is 11.3. The van der Waals surface area contributed by atoms with Gasteiger partial charge in [-0.3, -0.25) is 19.2 Å². The molecule has 0 fully saturated rings. The molecule has 0 unspecified atom stereocenters. The highest BCUT2D eigenvalue weighted by molar-refractivity contribution is 7.93. The van der Waals surface area contributed by atoms with Crippen molar-refractivity contribution in [1.29, 1.82) is 0 Å². The molecule has 0 spiro atoms. The minimum Gasteiger partial charge on any atom is -0.465 e. The quantitative estimate of drug-likeness (QED) is 0.397. The molecule has 0 N–H and O–H groups in total. The van der Waals surface area contributed by atoms with Gasteiger partial charge in [-0.05, 0) is 18.6 Å². The number of ether oxygens (including phenoxy) is 1. The highest BCUT2D eigenvalue weighted by Gasteiger charge is 2.31. The molecule has 0 amide bonds. The number of nitrogens with zero attached hydrogens (tertiary/aromatic N) is 2. The van der Waals surface area contributed by atoms with Crippen LogP contribution in [0.2, 0.25) is 0 Å². The Morgan fingerprint density at radius 2 is 1.73 bits per heavy atom. The number of anilines is 1. The second kappa shape index (κ2) is 8.43. The topological polar surface area (TPSA) is 107 Å². The van der Waals surface area contributed by atoms with Crippen LogP contribution in [0.15, 0.2) is 54.6 Å². The Labute approximate surface area is 151 Å². The zero-order chi connectivity index (χ0) is 19.2. The van der Waals surface area contributed by atoms with Gasteiger partial charge in [0, 0.05) is 6.07 Å². The van der Waals surface area contributed by atoms with Crippen molar-refractivity contribution < 1.29 is 22.9 Å². The van der Waals surface area contributed by atoms with E-state index >= 15 is 0 Å². The lowest BCUT2D eigenvalue weighted by Gasteiger charge is -2.24. The van der Waals surface area contributed by atoms with Crippen molar-refractivity contribution in [2.45, 2.75) is 13.5 Å².